The highest BCUT2D eigenvalue weighted by Gasteiger charge is 2.36. The first-order chi connectivity index (χ1) is 7.63. The number of phenolic OH excluding ortho intramolecular Hbond substituents is 1. The molecule has 3 heteroatoms. The number of phenols is 1. The first-order valence-electron chi connectivity index (χ1n) is 5.70. The third-order valence-corrected chi connectivity index (χ3v) is 3.26. The summed E-state index contributed by atoms with van der Waals surface area (Å²) in [6.07, 6.45) is 2.63. The van der Waals surface area contributed by atoms with Gasteiger partial charge in [-0.25, -0.2) is 0 Å². The summed E-state index contributed by atoms with van der Waals surface area (Å²) in [5.41, 5.74) is 1.42. The van der Waals surface area contributed by atoms with E-state index < -0.39 is 0 Å². The fraction of sp³-hybridized carbons (Fsp3) is 0.538. The zero-order chi connectivity index (χ0) is 11.6. The van der Waals surface area contributed by atoms with Crippen LogP contribution >= 0.6 is 0 Å². The lowest BCUT2D eigenvalue weighted by atomic mass is 10.1. The van der Waals surface area contributed by atoms with Gasteiger partial charge in [0.05, 0.1) is 7.11 Å². The van der Waals surface area contributed by atoms with Gasteiger partial charge in [-0.2, -0.15) is 0 Å². The molecule has 0 saturated heterocycles. The third kappa shape index (κ3) is 2.67. The first-order valence-corrected chi connectivity index (χ1v) is 5.70. The molecule has 0 radical (unpaired) electrons. The molecule has 1 fully saturated rings. The second kappa shape index (κ2) is 4.34. The van der Waals surface area contributed by atoms with E-state index >= 15 is 0 Å². The Morgan fingerprint density at radius 2 is 2.19 bits per heavy atom. The average molecular weight is 221 g/mol. The van der Waals surface area contributed by atoms with Crippen LogP contribution in [-0.4, -0.2) is 18.8 Å². The summed E-state index contributed by atoms with van der Waals surface area (Å²) in [4.78, 5) is 0. The number of benzene rings is 1. The zero-order valence-corrected chi connectivity index (χ0v) is 9.92. The number of aromatic hydroxyl groups is 1. The Hall–Kier alpha value is -1.22. The van der Waals surface area contributed by atoms with Crippen molar-refractivity contribution in [3.05, 3.63) is 23.8 Å². The Kier molecular flexibility index (Phi) is 3.06. The Morgan fingerprint density at radius 1 is 1.44 bits per heavy atom. The number of rotatable bonds is 5. The Labute approximate surface area is 96.4 Å². The second-order valence-corrected chi connectivity index (χ2v) is 4.91. The molecule has 2 rings (SSSR count). The van der Waals surface area contributed by atoms with E-state index in [1.165, 1.54) is 12.8 Å². The molecule has 3 nitrogen and oxygen atoms in total. The van der Waals surface area contributed by atoms with Crippen molar-refractivity contribution in [2.75, 3.05) is 13.7 Å². The molecule has 1 aliphatic carbocycles. The van der Waals surface area contributed by atoms with Gasteiger partial charge in [0.1, 0.15) is 11.5 Å². The Balaban J connectivity index is 1.88. The monoisotopic (exact) mass is 221 g/mol. The molecule has 1 aromatic carbocycles. The van der Waals surface area contributed by atoms with Crippen molar-refractivity contribution in [1.29, 1.82) is 0 Å². The quantitative estimate of drug-likeness (QED) is 0.801. The number of hydrogen-bond donors (Lipinski definition) is 2. The minimum Gasteiger partial charge on any atom is -0.507 e. The van der Waals surface area contributed by atoms with E-state index in [9.17, 15) is 5.11 Å². The molecule has 0 unspecified atom stereocenters. The zero-order valence-electron chi connectivity index (χ0n) is 9.92. The van der Waals surface area contributed by atoms with Crippen molar-refractivity contribution in [2.45, 2.75) is 26.3 Å². The van der Waals surface area contributed by atoms with Crippen molar-refractivity contribution in [3.63, 3.8) is 0 Å². The third-order valence-electron chi connectivity index (χ3n) is 3.26. The van der Waals surface area contributed by atoms with E-state index in [0.717, 1.165) is 12.1 Å². The van der Waals surface area contributed by atoms with Crippen molar-refractivity contribution in [1.82, 2.24) is 5.32 Å². The van der Waals surface area contributed by atoms with E-state index in [0.29, 0.717) is 23.5 Å². The summed E-state index contributed by atoms with van der Waals surface area (Å²) >= 11 is 0. The Morgan fingerprint density at radius 3 is 2.75 bits per heavy atom. The molecule has 0 heterocycles. The fourth-order valence-corrected chi connectivity index (χ4v) is 1.71. The van der Waals surface area contributed by atoms with Gasteiger partial charge in [-0.05, 0) is 24.3 Å². The van der Waals surface area contributed by atoms with Crippen LogP contribution in [0, 0.1) is 5.41 Å². The van der Waals surface area contributed by atoms with Crippen LogP contribution in [-0.2, 0) is 6.54 Å². The molecule has 0 bridgehead atoms. The van der Waals surface area contributed by atoms with Gasteiger partial charge in [-0.1, -0.05) is 13.0 Å². The summed E-state index contributed by atoms with van der Waals surface area (Å²) in [6.45, 7) is 4.03. The smallest absolute Gasteiger partial charge is 0.123 e. The minimum atomic E-state index is 0.299. The number of ether oxygens (including phenoxy) is 1. The molecule has 0 aliphatic heterocycles. The molecular formula is C13H19NO2. The summed E-state index contributed by atoms with van der Waals surface area (Å²) in [7, 11) is 1.60. The summed E-state index contributed by atoms with van der Waals surface area (Å²) in [5, 5.41) is 13.1. The van der Waals surface area contributed by atoms with Gasteiger partial charge in [-0.15, -0.1) is 0 Å². The van der Waals surface area contributed by atoms with Gasteiger partial charge in [-0.3, -0.25) is 0 Å². The van der Waals surface area contributed by atoms with Crippen LogP contribution in [0.1, 0.15) is 25.3 Å². The van der Waals surface area contributed by atoms with Gasteiger partial charge in [0.25, 0.3) is 0 Å². The standard InChI is InChI=1S/C13H19NO2/c1-13(5-6-13)9-14-8-10-3-4-11(16-2)7-12(10)15/h3-4,7,14-15H,5-6,8-9H2,1-2H3. The van der Waals surface area contributed by atoms with Gasteiger partial charge in [0.2, 0.25) is 0 Å². The predicted octanol–water partition coefficient (Wildman–Crippen LogP) is 2.29. The predicted molar refractivity (Wildman–Crippen MR) is 63.7 cm³/mol. The number of nitrogens with one attached hydrogen (secondary N) is 1. The van der Waals surface area contributed by atoms with Gasteiger partial charge in [0.15, 0.2) is 0 Å². The summed E-state index contributed by atoms with van der Waals surface area (Å²) < 4.78 is 5.04. The largest absolute Gasteiger partial charge is 0.507 e. The lowest BCUT2D eigenvalue weighted by Crippen LogP contribution is -2.21. The Bertz CT molecular complexity index is 372. The van der Waals surface area contributed by atoms with Crippen LogP contribution in [0.5, 0.6) is 11.5 Å². The van der Waals surface area contributed by atoms with Gasteiger partial charge in [0, 0.05) is 24.7 Å². The molecule has 2 N–H and O–H groups in total. The molecule has 16 heavy (non-hydrogen) atoms. The molecule has 0 atom stereocenters. The van der Waals surface area contributed by atoms with Crippen LogP contribution in [0.4, 0.5) is 0 Å². The maximum absolute atomic E-state index is 9.75. The number of methoxy groups -OCH3 is 1. The van der Waals surface area contributed by atoms with Crippen molar-refractivity contribution >= 4 is 0 Å². The SMILES string of the molecule is COc1ccc(CNCC2(C)CC2)c(O)c1. The number of hydrogen-bond acceptors (Lipinski definition) is 3. The van der Waals surface area contributed by atoms with Crippen molar-refractivity contribution in [2.24, 2.45) is 5.41 Å². The average Bonchev–Trinajstić information content (AvgIpc) is 2.99. The molecule has 0 aromatic heterocycles. The highest BCUT2D eigenvalue weighted by atomic mass is 16.5. The van der Waals surface area contributed by atoms with Crippen LogP contribution in [0.3, 0.4) is 0 Å². The minimum absolute atomic E-state index is 0.299. The maximum Gasteiger partial charge on any atom is 0.123 e. The second-order valence-electron chi connectivity index (χ2n) is 4.91. The molecule has 1 aliphatic rings. The molecule has 0 spiro atoms. The van der Waals surface area contributed by atoms with Crippen LogP contribution in [0.2, 0.25) is 0 Å². The van der Waals surface area contributed by atoms with Crippen molar-refractivity contribution < 1.29 is 9.84 Å². The van der Waals surface area contributed by atoms with E-state index in [1.54, 1.807) is 13.2 Å². The molecule has 88 valence electrons. The maximum atomic E-state index is 9.75. The summed E-state index contributed by atoms with van der Waals surface area (Å²) in [5.74, 6) is 0.989. The van der Waals surface area contributed by atoms with E-state index in [1.807, 2.05) is 12.1 Å². The topological polar surface area (TPSA) is 41.5 Å². The molecule has 1 aromatic rings. The van der Waals surface area contributed by atoms with E-state index in [2.05, 4.69) is 12.2 Å². The van der Waals surface area contributed by atoms with Gasteiger partial charge < -0.3 is 15.2 Å². The van der Waals surface area contributed by atoms with Crippen LogP contribution in [0.15, 0.2) is 18.2 Å². The van der Waals surface area contributed by atoms with E-state index in [4.69, 9.17) is 4.74 Å². The highest BCUT2D eigenvalue weighted by Crippen LogP contribution is 2.44. The van der Waals surface area contributed by atoms with Crippen molar-refractivity contribution in [3.8, 4) is 11.5 Å². The lowest BCUT2D eigenvalue weighted by molar-refractivity contribution is 0.405. The van der Waals surface area contributed by atoms with Gasteiger partial charge >= 0.3 is 0 Å². The van der Waals surface area contributed by atoms with Crippen LogP contribution < -0.4 is 10.1 Å². The lowest BCUT2D eigenvalue weighted by Gasteiger charge is -2.11. The normalized spacial score (nSPS) is 17.1. The van der Waals surface area contributed by atoms with E-state index in [-0.39, 0.29) is 0 Å². The molecule has 0 amide bonds. The first kappa shape index (κ1) is 11.3. The molecular weight excluding hydrogens is 202 g/mol. The molecule has 1 saturated carbocycles. The fourth-order valence-electron chi connectivity index (χ4n) is 1.71. The summed E-state index contributed by atoms with van der Waals surface area (Å²) in [6, 6.07) is 5.42. The van der Waals surface area contributed by atoms with Crippen LogP contribution in [0.25, 0.3) is 0 Å². The highest BCUT2D eigenvalue weighted by molar-refractivity contribution is 5.39.